The Morgan fingerprint density at radius 2 is 1.43 bits per heavy atom. The van der Waals surface area contributed by atoms with Crippen LogP contribution in [0.5, 0.6) is 0 Å². The number of halogens is 1. The van der Waals surface area contributed by atoms with Gasteiger partial charge in [-0.1, -0.05) is 11.6 Å². The molecule has 1 aromatic carbocycles. The van der Waals surface area contributed by atoms with Gasteiger partial charge in [0.2, 0.25) is 0 Å². The predicted molar refractivity (Wildman–Crippen MR) is 107 cm³/mol. The second-order valence-corrected chi connectivity index (χ2v) is 8.57. The number of aryl methyl sites for hydroxylation is 1. The molecule has 0 aliphatic heterocycles. The molecular weight excluding hydrogens is 386 g/mol. The van der Waals surface area contributed by atoms with Crippen LogP contribution in [0.25, 0.3) is 0 Å². The summed E-state index contributed by atoms with van der Waals surface area (Å²) in [7, 11) is 0. The second kappa shape index (κ2) is 8.82. The van der Waals surface area contributed by atoms with Gasteiger partial charge in [-0.3, -0.25) is 0 Å². The first-order chi connectivity index (χ1) is 12.7. The summed E-state index contributed by atoms with van der Waals surface area (Å²) in [4.78, 5) is 38.9. The molecule has 0 N–H and O–H groups in total. The number of ether oxygens (including phenoxy) is 3. The summed E-state index contributed by atoms with van der Waals surface area (Å²) in [5.74, 6) is -0.722. The van der Waals surface area contributed by atoms with Gasteiger partial charge < -0.3 is 14.2 Å². The van der Waals surface area contributed by atoms with Crippen molar-refractivity contribution in [2.75, 3.05) is 11.5 Å². The molecular formula is C20H28ClNO6. The minimum Gasteiger partial charge on any atom is -0.462 e. The molecule has 0 saturated heterocycles. The highest BCUT2D eigenvalue weighted by Crippen LogP contribution is 2.32. The van der Waals surface area contributed by atoms with Crippen LogP contribution in [-0.2, 0) is 14.2 Å². The van der Waals surface area contributed by atoms with Crippen molar-refractivity contribution in [3.05, 3.63) is 28.3 Å². The van der Waals surface area contributed by atoms with E-state index in [0.29, 0.717) is 10.5 Å². The number of benzene rings is 1. The Labute approximate surface area is 170 Å². The van der Waals surface area contributed by atoms with E-state index >= 15 is 0 Å². The maximum Gasteiger partial charge on any atom is 0.424 e. The van der Waals surface area contributed by atoms with Crippen LogP contribution < -0.4 is 4.90 Å². The SMILES string of the molecule is CCOC(=O)c1cc(Cl)cc(C)c1N(C(=O)OC(C)(C)C)C(=O)OC(C)(C)C. The van der Waals surface area contributed by atoms with Crippen LogP contribution in [0.4, 0.5) is 15.3 Å². The molecule has 0 bridgehead atoms. The third kappa shape index (κ3) is 6.71. The fourth-order valence-electron chi connectivity index (χ4n) is 2.27. The molecule has 28 heavy (non-hydrogen) atoms. The van der Waals surface area contributed by atoms with Gasteiger partial charge in [0.25, 0.3) is 0 Å². The number of anilines is 1. The smallest absolute Gasteiger partial charge is 0.424 e. The Balaban J connectivity index is 3.63. The molecule has 0 aliphatic carbocycles. The van der Waals surface area contributed by atoms with Crippen molar-refractivity contribution in [1.29, 1.82) is 0 Å². The normalized spacial score (nSPS) is 11.6. The summed E-state index contributed by atoms with van der Waals surface area (Å²) < 4.78 is 15.8. The average Bonchev–Trinajstić information content (AvgIpc) is 2.45. The highest BCUT2D eigenvalue weighted by atomic mass is 35.5. The zero-order valence-electron chi connectivity index (χ0n) is 17.6. The number of esters is 1. The molecule has 156 valence electrons. The number of carbonyl (C=O) groups is 3. The summed E-state index contributed by atoms with van der Waals surface area (Å²) in [6.07, 6.45) is -1.95. The van der Waals surface area contributed by atoms with Crippen molar-refractivity contribution < 1.29 is 28.6 Å². The van der Waals surface area contributed by atoms with E-state index in [0.717, 1.165) is 0 Å². The van der Waals surface area contributed by atoms with Gasteiger partial charge in [0.15, 0.2) is 0 Å². The van der Waals surface area contributed by atoms with Crippen molar-refractivity contribution >= 4 is 35.4 Å². The number of nitrogens with zero attached hydrogens (tertiary/aromatic N) is 1. The van der Waals surface area contributed by atoms with Gasteiger partial charge in [-0.25, -0.2) is 14.4 Å². The first kappa shape index (κ1) is 23.8. The van der Waals surface area contributed by atoms with Gasteiger partial charge in [-0.15, -0.1) is 0 Å². The number of hydrogen-bond donors (Lipinski definition) is 0. The van der Waals surface area contributed by atoms with Crippen LogP contribution in [0.1, 0.15) is 64.4 Å². The van der Waals surface area contributed by atoms with Gasteiger partial charge in [0, 0.05) is 5.02 Å². The van der Waals surface area contributed by atoms with E-state index in [1.54, 1.807) is 55.4 Å². The van der Waals surface area contributed by atoms with Crippen molar-refractivity contribution in [2.45, 2.75) is 66.6 Å². The minimum absolute atomic E-state index is 0.00588. The summed E-state index contributed by atoms with van der Waals surface area (Å²) in [5, 5.41) is 0.262. The third-order valence-electron chi connectivity index (χ3n) is 3.14. The Hall–Kier alpha value is -2.28. The lowest BCUT2D eigenvalue weighted by Gasteiger charge is -2.30. The van der Waals surface area contributed by atoms with Crippen molar-refractivity contribution in [1.82, 2.24) is 0 Å². The molecule has 0 spiro atoms. The van der Waals surface area contributed by atoms with Crippen LogP contribution >= 0.6 is 11.6 Å². The molecule has 2 amide bonds. The number of carbonyl (C=O) groups excluding carboxylic acids is 3. The highest BCUT2D eigenvalue weighted by molar-refractivity contribution is 6.31. The molecule has 0 atom stereocenters. The molecule has 0 saturated carbocycles. The minimum atomic E-state index is -0.974. The zero-order chi connectivity index (χ0) is 21.9. The molecule has 0 radical (unpaired) electrons. The summed E-state index contributed by atoms with van der Waals surface area (Å²) in [6, 6.07) is 2.87. The highest BCUT2D eigenvalue weighted by Gasteiger charge is 2.36. The van der Waals surface area contributed by atoms with Crippen LogP contribution in [0, 0.1) is 6.92 Å². The predicted octanol–water partition coefficient (Wildman–Crippen LogP) is 5.50. The number of hydrogen-bond acceptors (Lipinski definition) is 6. The average molecular weight is 414 g/mol. The van der Waals surface area contributed by atoms with E-state index in [9.17, 15) is 14.4 Å². The number of amides is 2. The molecule has 0 fully saturated rings. The quantitative estimate of drug-likeness (QED) is 0.480. The first-order valence-corrected chi connectivity index (χ1v) is 9.27. The third-order valence-corrected chi connectivity index (χ3v) is 3.35. The van der Waals surface area contributed by atoms with Gasteiger partial charge >= 0.3 is 18.2 Å². The monoisotopic (exact) mass is 413 g/mol. The summed E-state index contributed by atoms with van der Waals surface area (Å²) in [5.41, 5.74) is -1.37. The lowest BCUT2D eigenvalue weighted by atomic mass is 10.1. The van der Waals surface area contributed by atoms with Gasteiger partial charge in [0.05, 0.1) is 17.9 Å². The standard InChI is InChI=1S/C20H28ClNO6/c1-9-26-16(23)14-11-13(21)10-12(2)15(14)22(17(24)27-19(3,4)5)18(25)28-20(6,7)8/h10-11H,9H2,1-8H3. The fourth-order valence-corrected chi connectivity index (χ4v) is 2.54. The van der Waals surface area contributed by atoms with E-state index in [1.165, 1.54) is 12.1 Å². The Morgan fingerprint density at radius 3 is 1.82 bits per heavy atom. The van der Waals surface area contributed by atoms with E-state index in [2.05, 4.69) is 0 Å². The van der Waals surface area contributed by atoms with Crippen molar-refractivity contribution in [3.63, 3.8) is 0 Å². The molecule has 1 rings (SSSR count). The lowest BCUT2D eigenvalue weighted by molar-refractivity contribution is 0.0430. The van der Waals surface area contributed by atoms with Gasteiger partial charge in [0.1, 0.15) is 11.2 Å². The second-order valence-electron chi connectivity index (χ2n) is 8.14. The lowest BCUT2D eigenvalue weighted by Crippen LogP contribution is -2.44. The summed E-state index contributed by atoms with van der Waals surface area (Å²) >= 11 is 6.08. The van der Waals surface area contributed by atoms with Gasteiger partial charge in [-0.2, -0.15) is 4.90 Å². The molecule has 1 aromatic rings. The molecule has 7 nitrogen and oxygen atoms in total. The number of imide groups is 1. The van der Waals surface area contributed by atoms with Crippen LogP contribution in [-0.4, -0.2) is 36.0 Å². The molecule has 0 heterocycles. The first-order valence-electron chi connectivity index (χ1n) is 8.89. The van der Waals surface area contributed by atoms with Crippen molar-refractivity contribution in [2.24, 2.45) is 0 Å². The zero-order valence-corrected chi connectivity index (χ0v) is 18.4. The largest absolute Gasteiger partial charge is 0.462 e. The molecule has 8 heteroatoms. The molecule has 0 aliphatic rings. The Kier molecular flexibility index (Phi) is 7.48. The van der Waals surface area contributed by atoms with Crippen LogP contribution in [0.3, 0.4) is 0 Å². The summed E-state index contributed by atoms with van der Waals surface area (Å²) in [6.45, 7) is 13.4. The van der Waals surface area contributed by atoms with E-state index in [4.69, 9.17) is 25.8 Å². The Morgan fingerprint density at radius 1 is 0.964 bits per heavy atom. The van der Waals surface area contributed by atoms with E-state index in [1.807, 2.05) is 0 Å². The molecule has 0 unspecified atom stereocenters. The Bertz CT molecular complexity index is 733. The molecule has 0 aromatic heterocycles. The van der Waals surface area contributed by atoms with Crippen molar-refractivity contribution in [3.8, 4) is 0 Å². The maximum absolute atomic E-state index is 12.9. The topological polar surface area (TPSA) is 82.1 Å². The van der Waals surface area contributed by atoms with Crippen LogP contribution in [0.15, 0.2) is 12.1 Å². The van der Waals surface area contributed by atoms with E-state index in [-0.39, 0.29) is 22.9 Å². The maximum atomic E-state index is 12.9. The number of rotatable bonds is 3. The van der Waals surface area contributed by atoms with Gasteiger partial charge in [-0.05, 0) is 73.1 Å². The fraction of sp³-hybridized carbons (Fsp3) is 0.550. The van der Waals surface area contributed by atoms with E-state index < -0.39 is 29.4 Å². The van der Waals surface area contributed by atoms with Crippen LogP contribution in [0.2, 0.25) is 5.02 Å².